The van der Waals surface area contributed by atoms with E-state index in [9.17, 15) is 5.26 Å². The van der Waals surface area contributed by atoms with Gasteiger partial charge in [-0.15, -0.1) is 0 Å². The number of pyridine rings is 1. The van der Waals surface area contributed by atoms with Crippen LogP contribution < -0.4 is 5.43 Å². The molecule has 2 aromatic heterocycles. The molecule has 0 unspecified atom stereocenters. The maximum absolute atomic E-state index is 9.53. The lowest BCUT2D eigenvalue weighted by Crippen LogP contribution is -2.04. The van der Waals surface area contributed by atoms with E-state index in [-0.39, 0.29) is 0 Å². The first-order valence-corrected chi connectivity index (χ1v) is 9.94. The van der Waals surface area contributed by atoms with Crippen LogP contribution in [-0.2, 0) is 11.3 Å². The van der Waals surface area contributed by atoms with Gasteiger partial charge in [0.1, 0.15) is 11.6 Å². The van der Waals surface area contributed by atoms with Crippen molar-refractivity contribution in [2.45, 2.75) is 27.4 Å². The van der Waals surface area contributed by atoms with Gasteiger partial charge >= 0.3 is 0 Å². The molecule has 0 atom stereocenters. The van der Waals surface area contributed by atoms with Gasteiger partial charge in [0.05, 0.1) is 23.5 Å². The van der Waals surface area contributed by atoms with Gasteiger partial charge in [-0.05, 0) is 51.1 Å². The van der Waals surface area contributed by atoms with Crippen LogP contribution in [0.5, 0.6) is 0 Å². The molecule has 0 saturated heterocycles. The molecule has 0 radical (unpaired) electrons. The number of aromatic nitrogens is 2. The molecule has 0 saturated carbocycles. The number of benzene rings is 1. The summed E-state index contributed by atoms with van der Waals surface area (Å²) in [7, 11) is 1.59. The van der Waals surface area contributed by atoms with Crippen molar-refractivity contribution in [3.63, 3.8) is 0 Å². The van der Waals surface area contributed by atoms with Gasteiger partial charge in [-0.2, -0.15) is 10.4 Å². The Morgan fingerprint density at radius 1 is 1.23 bits per heavy atom. The molecule has 0 aliphatic carbocycles. The van der Waals surface area contributed by atoms with Crippen LogP contribution in [0.1, 0.15) is 33.8 Å². The summed E-state index contributed by atoms with van der Waals surface area (Å²) < 4.78 is 7.22. The van der Waals surface area contributed by atoms with Crippen LogP contribution in [-0.4, -0.2) is 22.9 Å². The molecule has 0 aliphatic rings. The lowest BCUT2D eigenvalue weighted by atomic mass is 10.1. The van der Waals surface area contributed by atoms with Crippen molar-refractivity contribution in [2.24, 2.45) is 5.10 Å². The number of nitrogens with zero attached hydrogens (tertiary/aromatic N) is 4. The average molecular weight is 442 g/mol. The Hall–Kier alpha value is -2.85. The summed E-state index contributed by atoms with van der Waals surface area (Å²) in [5.41, 5.74) is 8.58. The predicted molar refractivity (Wildman–Crippen MR) is 121 cm³/mol. The average Bonchev–Trinajstić information content (AvgIpc) is 2.96. The normalized spacial score (nSPS) is 11.1. The maximum Gasteiger partial charge on any atom is 0.164 e. The highest BCUT2D eigenvalue weighted by Gasteiger charge is 2.13. The molecule has 8 heteroatoms. The fraction of sp³-hybridized carbons (Fsp3) is 0.227. The molecule has 0 spiro atoms. The maximum atomic E-state index is 9.53. The molecule has 3 rings (SSSR count). The number of aryl methyl sites for hydroxylation is 2. The van der Waals surface area contributed by atoms with E-state index in [2.05, 4.69) is 21.6 Å². The highest BCUT2D eigenvalue weighted by atomic mass is 35.5. The fourth-order valence-electron chi connectivity index (χ4n) is 3.33. The third-order valence-corrected chi connectivity index (χ3v) is 5.17. The van der Waals surface area contributed by atoms with Gasteiger partial charge < -0.3 is 9.30 Å². The summed E-state index contributed by atoms with van der Waals surface area (Å²) in [5, 5.41) is 15.0. The minimum Gasteiger partial charge on any atom is -0.380 e. The first-order valence-electron chi connectivity index (χ1n) is 9.18. The summed E-state index contributed by atoms with van der Waals surface area (Å²) in [6.07, 6.45) is 1.70. The Bertz CT molecular complexity index is 1160. The number of hydrogen-bond donors (Lipinski definition) is 1. The molecule has 30 heavy (non-hydrogen) atoms. The number of hydrazone groups is 1. The van der Waals surface area contributed by atoms with E-state index < -0.39 is 0 Å². The summed E-state index contributed by atoms with van der Waals surface area (Å²) in [5.74, 6) is 0.398. The summed E-state index contributed by atoms with van der Waals surface area (Å²) >= 11 is 12.4. The molecule has 0 aliphatic heterocycles. The number of nitrogens with one attached hydrogen (secondary N) is 1. The third-order valence-electron chi connectivity index (χ3n) is 4.64. The van der Waals surface area contributed by atoms with E-state index >= 15 is 0 Å². The minimum atomic E-state index is 0.327. The predicted octanol–water partition coefficient (Wildman–Crippen LogP) is 5.57. The number of rotatable bonds is 6. The van der Waals surface area contributed by atoms with E-state index in [4.69, 9.17) is 27.9 Å². The van der Waals surface area contributed by atoms with Gasteiger partial charge in [-0.1, -0.05) is 23.2 Å². The number of methoxy groups -OCH3 is 1. The molecule has 3 aromatic rings. The second-order valence-electron chi connectivity index (χ2n) is 6.82. The van der Waals surface area contributed by atoms with Crippen molar-refractivity contribution < 1.29 is 4.74 Å². The number of ether oxygens (including phenoxy) is 1. The molecular formula is C22H21Cl2N5O. The zero-order valence-corrected chi connectivity index (χ0v) is 18.6. The highest BCUT2D eigenvalue weighted by Crippen LogP contribution is 2.28. The number of nitriles is 1. The van der Waals surface area contributed by atoms with E-state index in [1.54, 1.807) is 25.5 Å². The monoisotopic (exact) mass is 441 g/mol. The summed E-state index contributed by atoms with van der Waals surface area (Å²) in [4.78, 5) is 4.39. The molecule has 0 bridgehead atoms. The molecule has 6 nitrogen and oxygen atoms in total. The van der Waals surface area contributed by atoms with Gasteiger partial charge in [0.15, 0.2) is 5.82 Å². The first-order chi connectivity index (χ1) is 14.3. The number of halogens is 2. The van der Waals surface area contributed by atoms with E-state index in [1.165, 1.54) is 0 Å². The van der Waals surface area contributed by atoms with Crippen molar-refractivity contribution in [1.29, 1.82) is 5.26 Å². The van der Waals surface area contributed by atoms with Crippen molar-refractivity contribution >= 4 is 35.2 Å². The SMILES string of the molecule is COCc1cc(C)nc(N/N=C\c2cc(C)n(-c3ccc(Cl)cc3Cl)c2C)c1C#N. The topological polar surface area (TPSA) is 75.2 Å². The molecule has 1 aromatic carbocycles. The quantitative estimate of drug-likeness (QED) is 0.400. The van der Waals surface area contributed by atoms with Crippen molar-refractivity contribution in [1.82, 2.24) is 9.55 Å². The Kier molecular flexibility index (Phi) is 6.78. The van der Waals surface area contributed by atoms with Gasteiger partial charge in [0.2, 0.25) is 0 Å². The zero-order chi connectivity index (χ0) is 21.8. The molecule has 154 valence electrons. The van der Waals surface area contributed by atoms with Gasteiger partial charge in [0.25, 0.3) is 0 Å². The second-order valence-corrected chi connectivity index (χ2v) is 7.66. The number of anilines is 1. The molecule has 1 N–H and O–H groups in total. The van der Waals surface area contributed by atoms with Crippen LogP contribution in [0.3, 0.4) is 0 Å². The Labute approximate surface area is 185 Å². The largest absolute Gasteiger partial charge is 0.380 e. The van der Waals surface area contributed by atoms with Crippen LogP contribution in [0.15, 0.2) is 35.4 Å². The van der Waals surface area contributed by atoms with Crippen molar-refractivity contribution in [2.75, 3.05) is 12.5 Å². The smallest absolute Gasteiger partial charge is 0.164 e. The fourth-order valence-corrected chi connectivity index (χ4v) is 3.82. The minimum absolute atomic E-state index is 0.327. The van der Waals surface area contributed by atoms with Crippen LogP contribution in [0, 0.1) is 32.1 Å². The molecule has 2 heterocycles. The van der Waals surface area contributed by atoms with Crippen LogP contribution >= 0.6 is 23.2 Å². The first kappa shape index (κ1) is 21.8. The molecule has 0 fully saturated rings. The number of hydrogen-bond acceptors (Lipinski definition) is 5. The lowest BCUT2D eigenvalue weighted by Gasteiger charge is -2.12. The second kappa shape index (κ2) is 9.31. The van der Waals surface area contributed by atoms with E-state index in [0.717, 1.165) is 33.9 Å². The van der Waals surface area contributed by atoms with E-state index in [0.29, 0.717) is 28.0 Å². The Morgan fingerprint density at radius 3 is 2.67 bits per heavy atom. The summed E-state index contributed by atoms with van der Waals surface area (Å²) in [6.45, 7) is 6.17. The molecule has 0 amide bonds. The zero-order valence-electron chi connectivity index (χ0n) is 17.1. The van der Waals surface area contributed by atoms with Crippen LogP contribution in [0.2, 0.25) is 10.0 Å². The van der Waals surface area contributed by atoms with Crippen LogP contribution in [0.4, 0.5) is 5.82 Å². The van der Waals surface area contributed by atoms with Crippen molar-refractivity contribution in [3.05, 3.63) is 74.1 Å². The Morgan fingerprint density at radius 2 is 2.00 bits per heavy atom. The van der Waals surface area contributed by atoms with Gasteiger partial charge in [-0.3, -0.25) is 5.43 Å². The van der Waals surface area contributed by atoms with Crippen molar-refractivity contribution in [3.8, 4) is 11.8 Å². The third kappa shape index (κ3) is 4.49. The van der Waals surface area contributed by atoms with Crippen LogP contribution in [0.25, 0.3) is 5.69 Å². The standard InChI is InChI=1S/C22H21Cl2N5O/c1-13-7-17(12-30-4)19(10-25)22(27-13)28-26-11-16-8-14(2)29(15(16)3)21-6-5-18(23)9-20(21)24/h5-9,11H,12H2,1-4H3,(H,27,28)/b26-11-. The highest BCUT2D eigenvalue weighted by molar-refractivity contribution is 6.35. The van der Waals surface area contributed by atoms with Gasteiger partial charge in [-0.25, -0.2) is 4.98 Å². The molecular weight excluding hydrogens is 421 g/mol. The Balaban J connectivity index is 1.91. The lowest BCUT2D eigenvalue weighted by molar-refractivity contribution is 0.184. The van der Waals surface area contributed by atoms with E-state index in [1.807, 2.05) is 43.5 Å². The van der Waals surface area contributed by atoms with Gasteiger partial charge in [0, 0.05) is 40.3 Å². The summed E-state index contributed by atoms with van der Waals surface area (Å²) in [6, 6.07) is 11.4.